The maximum atomic E-state index is 7.50. The molecule has 1 radical (unpaired) electrons. The van der Waals surface area contributed by atoms with Gasteiger partial charge in [-0.3, -0.25) is 4.67 Å². The van der Waals surface area contributed by atoms with Gasteiger partial charge in [0.05, 0.1) is 8.15 Å². The van der Waals surface area contributed by atoms with Gasteiger partial charge in [-0.15, -0.1) is 0 Å². The van der Waals surface area contributed by atoms with Gasteiger partial charge in [-0.25, -0.2) is 0 Å². The minimum atomic E-state index is -0.964. The second-order valence-corrected chi connectivity index (χ2v) is 12.1. The molecule has 4 nitrogen and oxygen atoms in total. The molecule has 4 aromatic rings. The Kier molecular flexibility index (Phi) is 16.8. The van der Waals surface area contributed by atoms with Crippen molar-refractivity contribution in [1.82, 2.24) is 4.67 Å². The zero-order valence-electron chi connectivity index (χ0n) is 21.6. The normalized spacial score (nSPS) is 12.4. The zero-order chi connectivity index (χ0) is 27.0. The number of benzene rings is 4. The van der Waals surface area contributed by atoms with Crippen LogP contribution in [-0.2, 0) is 33.3 Å². The van der Waals surface area contributed by atoms with Crippen molar-refractivity contribution in [2.24, 2.45) is 0 Å². The monoisotopic (exact) mass is 630 g/mol. The Hall–Kier alpha value is -2.24. The van der Waals surface area contributed by atoms with Crippen LogP contribution in [0.4, 0.5) is 0 Å². The van der Waals surface area contributed by atoms with E-state index in [1.54, 1.807) is 0 Å². The van der Waals surface area contributed by atoms with Gasteiger partial charge in [0.2, 0.25) is 0 Å². The van der Waals surface area contributed by atoms with Gasteiger partial charge >= 0.3 is 22.6 Å². The summed E-state index contributed by atoms with van der Waals surface area (Å²) in [5, 5.41) is 3.84. The van der Waals surface area contributed by atoms with Crippen LogP contribution >= 0.6 is 16.2 Å². The second-order valence-electron chi connectivity index (χ2n) is 8.08. The van der Waals surface area contributed by atoms with E-state index in [4.69, 9.17) is 13.8 Å². The SMILES string of the molecule is C[C@@H]([C@H](OP(c1ccccc1)c1ccccc1)c1ccccc1)N(C)P(C)c1ccccc1.[C-]#[O+].[C-]#[O+].[Rh]. The van der Waals surface area contributed by atoms with E-state index >= 15 is 0 Å². The van der Waals surface area contributed by atoms with Crippen LogP contribution in [0.1, 0.15) is 18.6 Å². The predicted octanol–water partition coefficient (Wildman–Crippen LogP) is 6.39. The minimum Gasteiger partial charge on any atom is 0 e. The van der Waals surface area contributed by atoms with Crippen LogP contribution in [0.5, 0.6) is 0 Å². The second kappa shape index (κ2) is 18.9. The van der Waals surface area contributed by atoms with Gasteiger partial charge in [-0.2, -0.15) is 0 Å². The molecule has 0 fully saturated rings. The Bertz CT molecular complexity index is 1150. The van der Waals surface area contributed by atoms with Crippen molar-refractivity contribution in [3.63, 3.8) is 0 Å². The third-order valence-electron chi connectivity index (χ3n) is 5.96. The first-order chi connectivity index (χ1) is 18.1. The van der Waals surface area contributed by atoms with E-state index in [-0.39, 0.29) is 31.6 Å². The van der Waals surface area contributed by atoms with Crippen LogP contribution in [0.15, 0.2) is 121 Å². The molecule has 1 unspecified atom stereocenters. The zero-order valence-corrected chi connectivity index (χ0v) is 25.0. The summed E-state index contributed by atoms with van der Waals surface area (Å²) in [5.41, 5.74) is 1.22. The summed E-state index contributed by atoms with van der Waals surface area (Å²) in [4.78, 5) is 0. The molecular formula is C31H31NO3P2Rh. The molecule has 0 aliphatic heterocycles. The van der Waals surface area contributed by atoms with Gasteiger partial charge < -0.3 is 4.52 Å². The average Bonchev–Trinajstić information content (AvgIpc) is 3.00. The molecule has 0 saturated carbocycles. The van der Waals surface area contributed by atoms with Crippen molar-refractivity contribution in [3.05, 3.63) is 140 Å². The first-order valence-corrected chi connectivity index (χ1v) is 14.7. The molecule has 0 aromatic heterocycles. The Morgan fingerprint density at radius 1 is 0.632 bits per heavy atom. The fourth-order valence-corrected chi connectivity index (χ4v) is 7.46. The molecule has 0 aliphatic rings. The van der Waals surface area contributed by atoms with E-state index in [9.17, 15) is 0 Å². The number of hydrogen-bond donors (Lipinski definition) is 0. The molecule has 0 spiro atoms. The topological polar surface area (TPSA) is 52.3 Å². The Morgan fingerprint density at radius 2 is 0.974 bits per heavy atom. The summed E-state index contributed by atoms with van der Waals surface area (Å²) in [5.74, 6) is 0. The van der Waals surface area contributed by atoms with Gasteiger partial charge in [0.25, 0.3) is 0 Å². The van der Waals surface area contributed by atoms with E-state index < -0.39 is 16.2 Å². The van der Waals surface area contributed by atoms with Crippen LogP contribution in [-0.4, -0.2) is 24.4 Å². The molecule has 197 valence electrons. The van der Waals surface area contributed by atoms with E-state index in [1.807, 2.05) is 0 Å². The van der Waals surface area contributed by atoms with Crippen LogP contribution in [0, 0.1) is 13.3 Å². The van der Waals surface area contributed by atoms with Gasteiger partial charge in [0.15, 0.2) is 0 Å². The Labute approximate surface area is 242 Å². The number of hydrogen-bond acceptors (Lipinski definition) is 2. The first-order valence-electron chi connectivity index (χ1n) is 11.7. The van der Waals surface area contributed by atoms with Crippen LogP contribution in [0.25, 0.3) is 0 Å². The first kappa shape index (κ1) is 33.8. The smallest absolute Gasteiger partial charge is 0 e. The fraction of sp³-hybridized carbons (Fsp3) is 0.161. The predicted molar refractivity (Wildman–Crippen MR) is 153 cm³/mol. The molecule has 0 saturated heterocycles. The van der Waals surface area contributed by atoms with Crippen molar-refractivity contribution in [1.29, 1.82) is 0 Å². The molecule has 0 N–H and O–H groups in total. The molecule has 3 atom stereocenters. The molecule has 0 amide bonds. The summed E-state index contributed by atoms with van der Waals surface area (Å²) >= 11 is 0. The van der Waals surface area contributed by atoms with Crippen molar-refractivity contribution >= 4 is 32.1 Å². The number of rotatable bonds is 9. The molecule has 4 aromatic carbocycles. The third-order valence-corrected chi connectivity index (χ3v) is 10.3. The van der Waals surface area contributed by atoms with Crippen LogP contribution in [0.3, 0.4) is 0 Å². The third kappa shape index (κ3) is 9.50. The summed E-state index contributed by atoms with van der Waals surface area (Å²) in [6.45, 7) is 13.6. The van der Waals surface area contributed by atoms with Crippen molar-refractivity contribution in [2.45, 2.75) is 19.1 Å². The summed E-state index contributed by atoms with van der Waals surface area (Å²) < 4.78 is 24.6. The Morgan fingerprint density at radius 3 is 1.37 bits per heavy atom. The fourth-order valence-electron chi connectivity index (χ4n) is 3.88. The molecule has 0 aliphatic carbocycles. The van der Waals surface area contributed by atoms with Gasteiger partial charge in [-0.1, -0.05) is 121 Å². The Balaban J connectivity index is 0.00000138. The van der Waals surface area contributed by atoms with Crippen molar-refractivity contribution in [3.8, 4) is 0 Å². The van der Waals surface area contributed by atoms with E-state index in [1.165, 1.54) is 21.5 Å². The standard InChI is InChI=1S/C29H31NOP2.2CO.Rh/c1-24(30(2)32(3)26-18-10-5-11-19-26)29(25-16-8-4-9-17-25)31-33(27-20-12-6-13-21-27)28-22-14-7-15-23-28;2*1-2;/h4-24,29H,1-3H3;;;/t24-,29-,32?;;;/m0.../s1. The van der Waals surface area contributed by atoms with Crippen molar-refractivity contribution in [2.75, 3.05) is 13.7 Å². The molecule has 0 bridgehead atoms. The molecule has 7 heteroatoms. The molecule has 0 heterocycles. The molecule has 38 heavy (non-hydrogen) atoms. The molecule has 4 rings (SSSR count). The van der Waals surface area contributed by atoms with E-state index in [0.29, 0.717) is 0 Å². The van der Waals surface area contributed by atoms with E-state index in [0.717, 1.165) is 0 Å². The quantitative estimate of drug-likeness (QED) is 0.0933. The van der Waals surface area contributed by atoms with Gasteiger partial charge in [0.1, 0.15) is 6.10 Å². The molecular weight excluding hydrogens is 599 g/mol. The summed E-state index contributed by atoms with van der Waals surface area (Å²) in [6.07, 6.45) is -0.0589. The maximum Gasteiger partial charge on any atom is 0 e. The summed E-state index contributed by atoms with van der Waals surface area (Å²) in [6, 6.07) is 43.0. The average molecular weight is 630 g/mol. The largest absolute Gasteiger partial charge is 0 e. The number of nitrogens with zero attached hydrogens (tertiary/aromatic N) is 1. The van der Waals surface area contributed by atoms with E-state index in [2.05, 4.69) is 160 Å². The maximum absolute atomic E-state index is 7.50. The van der Waals surface area contributed by atoms with Gasteiger partial charge in [-0.05, 0) is 39.6 Å². The van der Waals surface area contributed by atoms with Gasteiger partial charge in [0, 0.05) is 36.1 Å². The summed E-state index contributed by atoms with van der Waals surface area (Å²) in [7, 11) is 0.796. The minimum absolute atomic E-state index is 0. The van der Waals surface area contributed by atoms with Crippen LogP contribution in [0.2, 0.25) is 0 Å². The van der Waals surface area contributed by atoms with Crippen molar-refractivity contribution < 1.29 is 33.3 Å². The number of likely N-dealkylation sites (N-methyl/N-ethyl adjacent to an activating group) is 1. The van der Waals surface area contributed by atoms with Crippen LogP contribution < -0.4 is 15.9 Å².